The van der Waals surface area contributed by atoms with Crippen LogP contribution in [0.25, 0.3) is 0 Å². The minimum Gasteiger partial charge on any atom is -0.457 e. The van der Waals surface area contributed by atoms with Crippen molar-refractivity contribution in [2.75, 3.05) is 26.2 Å². The Labute approximate surface area is 163 Å². The van der Waals surface area contributed by atoms with Gasteiger partial charge >= 0.3 is 0 Å². The van der Waals surface area contributed by atoms with E-state index in [1.165, 1.54) is 21.8 Å². The van der Waals surface area contributed by atoms with Gasteiger partial charge in [0, 0.05) is 5.56 Å². The fourth-order valence-electron chi connectivity index (χ4n) is 3.39. The number of hydrogen-bond acceptors (Lipinski definition) is 3. The number of para-hydroxylation sites is 2. The van der Waals surface area contributed by atoms with Gasteiger partial charge in [-0.05, 0) is 35.7 Å². The minimum atomic E-state index is 0.164. The van der Waals surface area contributed by atoms with Gasteiger partial charge in [0.1, 0.15) is 18.0 Å². The zero-order valence-corrected chi connectivity index (χ0v) is 16.0. The molecule has 2 heterocycles. The van der Waals surface area contributed by atoms with Crippen molar-refractivity contribution in [3.8, 4) is 11.5 Å². The van der Waals surface area contributed by atoms with Crippen molar-refractivity contribution in [3.63, 3.8) is 0 Å². The summed E-state index contributed by atoms with van der Waals surface area (Å²) < 4.78 is 6.08. The molecular weight excluding hydrogens is 356 g/mol. The Morgan fingerprint density at radius 2 is 1.70 bits per heavy atom. The molecule has 3 aromatic rings. The van der Waals surface area contributed by atoms with Gasteiger partial charge in [-0.2, -0.15) is 0 Å². The molecule has 1 amide bonds. The number of rotatable bonds is 5. The number of nitrogens with one attached hydrogen (secondary N) is 1. The molecule has 5 heteroatoms. The smallest absolute Gasteiger partial charge is 0.264 e. The van der Waals surface area contributed by atoms with E-state index in [1.807, 2.05) is 64.9 Å². The molecule has 0 aliphatic carbocycles. The lowest BCUT2D eigenvalue weighted by Gasteiger charge is -2.32. The van der Waals surface area contributed by atoms with Crippen LogP contribution in [0.4, 0.5) is 0 Å². The average Bonchev–Trinajstić information content (AvgIpc) is 3.25. The molecule has 2 aromatic carbocycles. The monoisotopic (exact) mass is 379 g/mol. The molecule has 0 bridgehead atoms. The molecule has 27 heavy (non-hydrogen) atoms. The fourth-order valence-corrected chi connectivity index (χ4v) is 4.08. The molecule has 1 fully saturated rings. The molecule has 1 saturated heterocycles. The third-order valence-electron chi connectivity index (χ3n) is 4.87. The molecule has 4 rings (SSSR count). The largest absolute Gasteiger partial charge is 0.457 e. The molecule has 0 saturated carbocycles. The molecule has 4 nitrogen and oxygen atoms in total. The number of benzene rings is 2. The summed E-state index contributed by atoms with van der Waals surface area (Å²) >= 11 is 1.52. The summed E-state index contributed by atoms with van der Waals surface area (Å²) in [6.07, 6.45) is 0. The highest BCUT2D eigenvalue weighted by Gasteiger charge is 2.25. The van der Waals surface area contributed by atoms with Crippen LogP contribution in [0.3, 0.4) is 0 Å². The van der Waals surface area contributed by atoms with Gasteiger partial charge < -0.3 is 14.5 Å². The van der Waals surface area contributed by atoms with Crippen molar-refractivity contribution in [2.24, 2.45) is 0 Å². The Balaban J connectivity index is 1.37. The Hall–Kier alpha value is -2.63. The number of nitrogens with zero attached hydrogens (tertiary/aromatic N) is 1. The van der Waals surface area contributed by atoms with Crippen molar-refractivity contribution in [2.45, 2.75) is 6.54 Å². The Bertz CT molecular complexity index is 872. The first-order valence-electron chi connectivity index (χ1n) is 9.27. The molecule has 1 N–H and O–H groups in total. The average molecular weight is 380 g/mol. The third-order valence-corrected chi connectivity index (χ3v) is 5.73. The zero-order chi connectivity index (χ0) is 18.5. The molecule has 0 radical (unpaired) electrons. The predicted molar refractivity (Wildman–Crippen MR) is 108 cm³/mol. The number of piperazine rings is 1. The lowest BCUT2D eigenvalue weighted by Crippen LogP contribution is -3.13. The number of hydrogen-bond donors (Lipinski definition) is 1. The highest BCUT2D eigenvalue weighted by atomic mass is 32.1. The summed E-state index contributed by atoms with van der Waals surface area (Å²) in [6.45, 7) is 4.42. The van der Waals surface area contributed by atoms with Crippen LogP contribution >= 0.6 is 11.3 Å². The topological polar surface area (TPSA) is 34.0 Å². The first-order chi connectivity index (χ1) is 13.3. The van der Waals surface area contributed by atoms with Crippen LogP contribution in [-0.4, -0.2) is 37.0 Å². The van der Waals surface area contributed by atoms with Crippen molar-refractivity contribution in [3.05, 3.63) is 82.6 Å². The van der Waals surface area contributed by atoms with E-state index in [2.05, 4.69) is 12.1 Å². The molecule has 1 aromatic heterocycles. The van der Waals surface area contributed by atoms with Crippen molar-refractivity contribution < 1.29 is 14.4 Å². The highest BCUT2D eigenvalue weighted by molar-refractivity contribution is 7.12. The van der Waals surface area contributed by atoms with Gasteiger partial charge in [-0.3, -0.25) is 4.79 Å². The van der Waals surface area contributed by atoms with Crippen LogP contribution in [0.1, 0.15) is 15.2 Å². The van der Waals surface area contributed by atoms with Crippen LogP contribution in [-0.2, 0) is 6.54 Å². The number of ether oxygens (including phenoxy) is 1. The van der Waals surface area contributed by atoms with Gasteiger partial charge in [0.25, 0.3) is 5.91 Å². The SMILES string of the molecule is O=C(c1cccs1)N1CC[NH+](Cc2ccccc2Oc2ccccc2)CC1. The van der Waals surface area contributed by atoms with Gasteiger partial charge in [-0.15, -0.1) is 11.3 Å². The van der Waals surface area contributed by atoms with E-state index < -0.39 is 0 Å². The Morgan fingerprint density at radius 1 is 0.963 bits per heavy atom. The van der Waals surface area contributed by atoms with Gasteiger partial charge in [0.15, 0.2) is 0 Å². The van der Waals surface area contributed by atoms with Crippen molar-refractivity contribution in [1.82, 2.24) is 4.90 Å². The summed E-state index contributed by atoms with van der Waals surface area (Å²) in [5.41, 5.74) is 1.20. The molecule has 138 valence electrons. The van der Waals surface area contributed by atoms with Gasteiger partial charge in [-0.1, -0.05) is 36.4 Å². The zero-order valence-electron chi connectivity index (χ0n) is 15.1. The van der Waals surface area contributed by atoms with Crippen molar-refractivity contribution in [1.29, 1.82) is 0 Å². The van der Waals surface area contributed by atoms with Crippen LogP contribution in [0.2, 0.25) is 0 Å². The number of carbonyl (C=O) groups excluding carboxylic acids is 1. The molecule has 1 aliphatic heterocycles. The Kier molecular flexibility index (Phi) is 5.51. The highest BCUT2D eigenvalue weighted by Crippen LogP contribution is 2.24. The predicted octanol–water partition coefficient (Wildman–Crippen LogP) is 3.08. The maximum Gasteiger partial charge on any atom is 0.264 e. The van der Waals surface area contributed by atoms with Crippen LogP contribution in [0, 0.1) is 0 Å². The minimum absolute atomic E-state index is 0.164. The van der Waals surface area contributed by atoms with E-state index in [0.29, 0.717) is 0 Å². The number of quaternary nitrogens is 1. The number of amides is 1. The molecule has 0 unspecified atom stereocenters. The first-order valence-corrected chi connectivity index (χ1v) is 10.1. The first kappa shape index (κ1) is 17.8. The second-order valence-corrected chi connectivity index (χ2v) is 7.67. The quantitative estimate of drug-likeness (QED) is 0.739. The van der Waals surface area contributed by atoms with E-state index in [1.54, 1.807) is 0 Å². The van der Waals surface area contributed by atoms with E-state index in [9.17, 15) is 4.79 Å². The Morgan fingerprint density at radius 3 is 2.44 bits per heavy atom. The van der Waals surface area contributed by atoms with Gasteiger partial charge in [0.05, 0.1) is 31.1 Å². The van der Waals surface area contributed by atoms with Crippen LogP contribution in [0.5, 0.6) is 11.5 Å². The lowest BCUT2D eigenvalue weighted by molar-refractivity contribution is -0.917. The third kappa shape index (κ3) is 4.38. The van der Waals surface area contributed by atoms with E-state index in [-0.39, 0.29) is 5.91 Å². The van der Waals surface area contributed by atoms with Gasteiger partial charge in [0.2, 0.25) is 0 Å². The summed E-state index contributed by atoms with van der Waals surface area (Å²) in [7, 11) is 0. The standard InChI is InChI=1S/C22H22N2O2S/c25-22(21-11-6-16-27-21)24-14-12-23(13-15-24)17-18-7-4-5-10-20(18)26-19-8-2-1-3-9-19/h1-11,16H,12-15,17H2/p+1. The van der Waals surface area contributed by atoms with E-state index in [4.69, 9.17) is 4.74 Å². The maximum atomic E-state index is 12.5. The summed E-state index contributed by atoms with van der Waals surface area (Å²) in [4.78, 5) is 16.8. The molecule has 0 spiro atoms. The summed E-state index contributed by atoms with van der Waals surface area (Å²) in [5, 5.41) is 1.96. The molecule has 0 atom stereocenters. The van der Waals surface area contributed by atoms with E-state index in [0.717, 1.165) is 49.1 Å². The van der Waals surface area contributed by atoms with Crippen LogP contribution in [0.15, 0.2) is 72.1 Å². The van der Waals surface area contributed by atoms with Crippen molar-refractivity contribution >= 4 is 17.2 Å². The summed E-state index contributed by atoms with van der Waals surface area (Å²) in [6, 6.07) is 22.0. The van der Waals surface area contributed by atoms with Gasteiger partial charge in [-0.25, -0.2) is 0 Å². The normalized spacial score (nSPS) is 14.9. The summed E-state index contributed by atoms with van der Waals surface area (Å²) in [5.74, 6) is 1.93. The number of carbonyl (C=O) groups is 1. The fraction of sp³-hybridized carbons (Fsp3) is 0.227. The maximum absolute atomic E-state index is 12.5. The van der Waals surface area contributed by atoms with Crippen LogP contribution < -0.4 is 9.64 Å². The second kappa shape index (κ2) is 8.37. The molecular formula is C22H23N2O2S+. The second-order valence-electron chi connectivity index (χ2n) is 6.72. The molecule has 1 aliphatic rings. The van der Waals surface area contributed by atoms with E-state index >= 15 is 0 Å². The lowest BCUT2D eigenvalue weighted by atomic mass is 10.1. The number of thiophene rings is 1.